The van der Waals surface area contributed by atoms with Crippen LogP contribution in [0.25, 0.3) is 20.8 Å². The number of rotatable bonds is 8. The summed E-state index contributed by atoms with van der Waals surface area (Å²) in [5.41, 5.74) is 3.76. The van der Waals surface area contributed by atoms with Crippen molar-refractivity contribution in [1.82, 2.24) is 19.9 Å². The third kappa shape index (κ3) is 6.16. The summed E-state index contributed by atoms with van der Waals surface area (Å²) >= 11 is 1.52. The monoisotopic (exact) mass is 630 g/mol. The van der Waals surface area contributed by atoms with Gasteiger partial charge in [0, 0.05) is 18.7 Å². The number of aryl methyl sites for hydroxylation is 2. The molecule has 4 heterocycles. The van der Waals surface area contributed by atoms with E-state index in [1.807, 2.05) is 40.7 Å². The highest BCUT2D eigenvalue weighted by molar-refractivity contribution is 7.21. The van der Waals surface area contributed by atoms with Gasteiger partial charge in [-0.15, -0.1) is 24.5 Å². The lowest BCUT2D eigenvalue weighted by Gasteiger charge is -2.25. The number of ether oxygens (including phenoxy) is 3. The Morgan fingerprint density at radius 3 is 2.48 bits per heavy atom. The molecule has 1 saturated heterocycles. The molecule has 3 N–H and O–H groups in total. The van der Waals surface area contributed by atoms with Crippen LogP contribution in [0, 0.1) is 19.8 Å². The van der Waals surface area contributed by atoms with Gasteiger partial charge in [0.2, 0.25) is 5.95 Å². The molecule has 10 nitrogen and oxygen atoms in total. The van der Waals surface area contributed by atoms with Gasteiger partial charge in [0.1, 0.15) is 28.2 Å². The third-order valence-corrected chi connectivity index (χ3v) is 8.93. The predicted octanol–water partition coefficient (Wildman–Crippen LogP) is 6.15. The maximum atomic E-state index is 12.6. The number of benzene rings is 1. The number of hydrogen-bond acceptors (Lipinski definition) is 11. The number of hydrogen-bond donors (Lipinski definition) is 3. The Bertz CT molecular complexity index is 1670. The second-order valence-corrected chi connectivity index (χ2v) is 12.6. The summed E-state index contributed by atoms with van der Waals surface area (Å²) in [6.45, 7) is 9.35. The van der Waals surface area contributed by atoms with Crippen molar-refractivity contribution in [2.45, 2.75) is 77.5 Å². The van der Waals surface area contributed by atoms with Crippen molar-refractivity contribution in [1.29, 1.82) is 0 Å². The molecule has 0 unspecified atom stereocenters. The lowest BCUT2D eigenvalue weighted by atomic mass is 10.1. The molecule has 2 fully saturated rings. The average molecular weight is 631 g/mol. The van der Waals surface area contributed by atoms with E-state index in [9.17, 15) is 18.3 Å². The fourth-order valence-electron chi connectivity index (χ4n) is 5.90. The molecule has 234 valence electrons. The Morgan fingerprint density at radius 2 is 1.80 bits per heavy atom. The largest absolute Gasteiger partial charge is 0.573 e. The molecule has 1 aliphatic heterocycles. The van der Waals surface area contributed by atoms with Gasteiger partial charge in [-0.2, -0.15) is 4.98 Å². The number of thiazole rings is 1. The number of aliphatic hydroxyl groups is 1. The molecule has 3 aromatic heterocycles. The van der Waals surface area contributed by atoms with Crippen molar-refractivity contribution in [3.8, 4) is 16.3 Å². The van der Waals surface area contributed by atoms with Gasteiger partial charge in [-0.25, -0.2) is 9.97 Å². The molecule has 0 amide bonds. The Balaban J connectivity index is 1.34. The average Bonchev–Trinajstić information content (AvgIpc) is 3.59. The van der Waals surface area contributed by atoms with Crippen molar-refractivity contribution in [2.75, 3.05) is 17.2 Å². The second kappa shape index (κ2) is 11.4. The number of nitrogens with zero attached hydrogens (tertiary/aromatic N) is 4. The van der Waals surface area contributed by atoms with E-state index >= 15 is 0 Å². The first-order valence-corrected chi connectivity index (χ1v) is 15.1. The number of aliphatic hydroxyl groups excluding tert-OH is 1. The van der Waals surface area contributed by atoms with E-state index in [0.29, 0.717) is 23.9 Å². The molecule has 14 heteroatoms. The van der Waals surface area contributed by atoms with E-state index in [4.69, 9.17) is 24.4 Å². The molecule has 1 aliphatic carbocycles. The number of aromatic nitrogens is 4. The van der Waals surface area contributed by atoms with E-state index in [1.165, 1.54) is 23.5 Å². The molecule has 44 heavy (non-hydrogen) atoms. The van der Waals surface area contributed by atoms with Crippen molar-refractivity contribution >= 4 is 33.3 Å². The molecule has 1 saturated carbocycles. The Hall–Kier alpha value is -3.59. The van der Waals surface area contributed by atoms with Crippen LogP contribution < -0.4 is 15.4 Å². The van der Waals surface area contributed by atoms with E-state index in [1.54, 1.807) is 18.3 Å². The first-order chi connectivity index (χ1) is 20.8. The molecule has 0 bridgehead atoms. The highest BCUT2D eigenvalue weighted by Gasteiger charge is 2.54. The summed E-state index contributed by atoms with van der Waals surface area (Å²) in [6.07, 6.45) is -2.97. The summed E-state index contributed by atoms with van der Waals surface area (Å²) in [5.74, 6) is -0.318. The highest BCUT2D eigenvalue weighted by Crippen LogP contribution is 2.44. The number of pyridine rings is 1. The lowest BCUT2D eigenvalue weighted by molar-refractivity contribution is -0.274. The Kier molecular flexibility index (Phi) is 7.89. The predicted molar refractivity (Wildman–Crippen MR) is 160 cm³/mol. The molecule has 0 spiro atoms. The van der Waals surface area contributed by atoms with Crippen LogP contribution in [0.5, 0.6) is 5.75 Å². The molecule has 2 aliphatic rings. The van der Waals surface area contributed by atoms with Crippen LogP contribution in [0.4, 0.5) is 24.9 Å². The topological polar surface area (TPSA) is 124 Å². The third-order valence-electron chi connectivity index (χ3n) is 7.89. The summed E-state index contributed by atoms with van der Waals surface area (Å²) in [7, 11) is 0. The molecular formula is C30H33F3N6O4S. The summed E-state index contributed by atoms with van der Waals surface area (Å²) in [5, 5.41) is 17.7. The zero-order valence-electron chi connectivity index (χ0n) is 24.8. The second-order valence-electron chi connectivity index (χ2n) is 11.6. The fourth-order valence-corrected chi connectivity index (χ4v) is 7.02. The summed E-state index contributed by atoms with van der Waals surface area (Å²) in [4.78, 5) is 18.9. The number of anilines is 2. The van der Waals surface area contributed by atoms with Gasteiger partial charge in [-0.05, 0) is 64.8 Å². The van der Waals surface area contributed by atoms with Crippen LogP contribution in [-0.4, -0.2) is 62.0 Å². The van der Waals surface area contributed by atoms with Gasteiger partial charge in [0.25, 0.3) is 0 Å². The zero-order valence-corrected chi connectivity index (χ0v) is 25.6. The van der Waals surface area contributed by atoms with E-state index in [-0.39, 0.29) is 42.6 Å². The normalized spacial score (nSPS) is 23.5. The number of alkyl halides is 3. The van der Waals surface area contributed by atoms with Crippen LogP contribution in [0.15, 0.2) is 36.5 Å². The van der Waals surface area contributed by atoms with Crippen LogP contribution in [0.3, 0.4) is 0 Å². The molecule has 0 radical (unpaired) electrons. The molecule has 1 aromatic carbocycles. The molecule has 6 rings (SSSR count). The number of fused-ring (bicyclic) bond motifs is 2. The van der Waals surface area contributed by atoms with Crippen molar-refractivity contribution in [3.63, 3.8) is 0 Å². The minimum absolute atomic E-state index is 0.0320. The highest BCUT2D eigenvalue weighted by atomic mass is 32.1. The zero-order chi connectivity index (χ0) is 31.4. The molecule has 5 atom stereocenters. The smallest absolute Gasteiger partial charge is 0.406 e. The minimum Gasteiger partial charge on any atom is -0.406 e. The fraction of sp³-hybridized carbons (Fsp3) is 0.467. The van der Waals surface area contributed by atoms with Crippen molar-refractivity contribution < 1.29 is 32.5 Å². The summed E-state index contributed by atoms with van der Waals surface area (Å²) in [6, 6.07) is 7.03. The quantitative estimate of drug-likeness (QED) is 0.209. The maximum absolute atomic E-state index is 12.6. The van der Waals surface area contributed by atoms with Gasteiger partial charge >= 0.3 is 6.36 Å². The first kappa shape index (κ1) is 30.4. The van der Waals surface area contributed by atoms with Crippen LogP contribution >= 0.6 is 11.3 Å². The van der Waals surface area contributed by atoms with E-state index in [2.05, 4.69) is 20.4 Å². The van der Waals surface area contributed by atoms with Crippen molar-refractivity contribution in [3.05, 3.63) is 53.5 Å². The lowest BCUT2D eigenvalue weighted by Crippen LogP contribution is -2.35. The number of halogens is 3. The minimum atomic E-state index is -4.76. The van der Waals surface area contributed by atoms with E-state index < -0.39 is 12.1 Å². The standard InChI is InChI=1S/C30H33F3N6O4S/c1-14(17-6-8-19(9-7-17)41-30(31,32)33)35-28-36-15(2)22(27-38-23-16(3)34-11-10-21(23)44-27)26(39-28)37-20-12-18(13-40)24-25(20)43-29(4,5)42-24/h6-11,14,18,20,24-25,40H,12-13H2,1-5H3,(H2,35,36,37,39)/t14-,18-,20-,24-,25+/m1/s1. The SMILES string of the molecule is Cc1nc(N[C@H](C)c2ccc(OC(F)(F)F)cc2)nc(N[C@@H]2C[C@H](CO)[C@H]3OC(C)(C)O[C@H]32)c1-c1nc2c(C)nccc2s1. The van der Waals surface area contributed by atoms with Gasteiger partial charge < -0.3 is 30.0 Å². The summed E-state index contributed by atoms with van der Waals surface area (Å²) < 4.78 is 55.2. The maximum Gasteiger partial charge on any atom is 0.573 e. The van der Waals surface area contributed by atoms with Gasteiger partial charge in [0.05, 0.1) is 39.8 Å². The number of nitrogens with one attached hydrogen (secondary N) is 2. The van der Waals surface area contributed by atoms with E-state index in [0.717, 1.165) is 32.0 Å². The van der Waals surface area contributed by atoms with Crippen LogP contribution in [0.1, 0.15) is 50.2 Å². The van der Waals surface area contributed by atoms with Crippen LogP contribution in [-0.2, 0) is 9.47 Å². The van der Waals surface area contributed by atoms with Gasteiger partial charge in [0.15, 0.2) is 5.79 Å². The van der Waals surface area contributed by atoms with Gasteiger partial charge in [-0.3, -0.25) is 4.98 Å². The Morgan fingerprint density at radius 1 is 1.07 bits per heavy atom. The first-order valence-electron chi connectivity index (χ1n) is 14.3. The van der Waals surface area contributed by atoms with Crippen molar-refractivity contribution in [2.24, 2.45) is 5.92 Å². The Labute approximate surface area is 256 Å². The van der Waals surface area contributed by atoms with Gasteiger partial charge in [-0.1, -0.05) is 12.1 Å². The molecular weight excluding hydrogens is 597 g/mol. The van der Waals surface area contributed by atoms with Crippen LogP contribution in [0.2, 0.25) is 0 Å². The molecule has 4 aromatic rings.